The van der Waals surface area contributed by atoms with Crippen LogP contribution in [0.5, 0.6) is 0 Å². The highest BCUT2D eigenvalue weighted by molar-refractivity contribution is 7.34. The summed E-state index contributed by atoms with van der Waals surface area (Å²) in [5.74, 6) is 0. The third-order valence-corrected chi connectivity index (χ3v) is 2.62. The highest BCUT2D eigenvalue weighted by Gasteiger charge is 1.93. The molecule has 0 saturated heterocycles. The van der Waals surface area contributed by atoms with E-state index >= 15 is 0 Å². The molecule has 2 heteroatoms. The van der Waals surface area contributed by atoms with Gasteiger partial charge in [-0.15, -0.1) is 0 Å². The van der Waals surface area contributed by atoms with E-state index in [1.54, 1.807) is 0 Å². The standard InChI is InChI=1S/C11H15OP/c1-2-3-4-5-10-6-8-11(13-12)9-7-10/h6-9H,2-5H2,1H3. The Bertz CT molecular complexity index is 253. The summed E-state index contributed by atoms with van der Waals surface area (Å²) in [6.45, 7) is 2.21. The second-order valence-electron chi connectivity index (χ2n) is 3.21. The number of aryl methyl sites for hydroxylation is 1. The molecule has 0 fully saturated rings. The quantitative estimate of drug-likeness (QED) is 0.519. The SMILES string of the molecule is CCCCCc1ccc(P=O)cc1. The zero-order valence-electron chi connectivity index (χ0n) is 7.99. The Morgan fingerprint density at radius 3 is 2.38 bits per heavy atom. The first-order valence-corrected chi connectivity index (χ1v) is 5.60. The first-order valence-electron chi connectivity index (χ1n) is 4.79. The normalized spacial score (nSPS) is 10.5. The molecule has 1 rings (SSSR count). The summed E-state index contributed by atoms with van der Waals surface area (Å²) in [5, 5.41) is 0.860. The van der Waals surface area contributed by atoms with Crippen LogP contribution in [0.25, 0.3) is 0 Å². The summed E-state index contributed by atoms with van der Waals surface area (Å²) in [4.78, 5) is 0. The van der Waals surface area contributed by atoms with Crippen molar-refractivity contribution in [2.24, 2.45) is 0 Å². The summed E-state index contributed by atoms with van der Waals surface area (Å²) in [7, 11) is 0.117. The third kappa shape index (κ3) is 3.69. The summed E-state index contributed by atoms with van der Waals surface area (Å²) in [5.41, 5.74) is 1.35. The van der Waals surface area contributed by atoms with Crippen LogP contribution < -0.4 is 5.30 Å². The minimum Gasteiger partial charge on any atom is -0.269 e. The number of rotatable bonds is 5. The van der Waals surface area contributed by atoms with Crippen LogP contribution in [0.4, 0.5) is 0 Å². The van der Waals surface area contributed by atoms with Crippen molar-refractivity contribution >= 4 is 13.8 Å². The highest BCUT2D eigenvalue weighted by Crippen LogP contribution is 2.06. The minimum absolute atomic E-state index is 0.117. The van der Waals surface area contributed by atoms with Gasteiger partial charge in [0.15, 0.2) is 8.46 Å². The first-order chi connectivity index (χ1) is 6.36. The second kappa shape index (κ2) is 5.88. The Hall–Kier alpha value is -0.680. The summed E-state index contributed by atoms with van der Waals surface area (Å²) >= 11 is 0. The van der Waals surface area contributed by atoms with E-state index in [2.05, 4.69) is 19.1 Å². The molecule has 70 valence electrons. The lowest BCUT2D eigenvalue weighted by atomic mass is 10.1. The van der Waals surface area contributed by atoms with Gasteiger partial charge >= 0.3 is 0 Å². The Kier molecular flexibility index (Phi) is 4.70. The smallest absolute Gasteiger partial charge is 0.192 e. The van der Waals surface area contributed by atoms with E-state index in [0.29, 0.717) is 0 Å². The zero-order chi connectivity index (χ0) is 9.52. The molecule has 0 amide bonds. The molecule has 0 aliphatic carbocycles. The summed E-state index contributed by atoms with van der Waals surface area (Å²) < 4.78 is 10.5. The molecule has 1 aromatic carbocycles. The van der Waals surface area contributed by atoms with Crippen LogP contribution >= 0.6 is 8.46 Å². The first kappa shape index (κ1) is 10.4. The van der Waals surface area contributed by atoms with E-state index in [9.17, 15) is 4.57 Å². The van der Waals surface area contributed by atoms with E-state index in [1.165, 1.54) is 24.8 Å². The second-order valence-corrected chi connectivity index (χ2v) is 3.91. The van der Waals surface area contributed by atoms with Crippen molar-refractivity contribution in [1.29, 1.82) is 0 Å². The molecule has 1 nitrogen and oxygen atoms in total. The number of benzene rings is 1. The Morgan fingerprint density at radius 1 is 1.15 bits per heavy atom. The van der Waals surface area contributed by atoms with Crippen molar-refractivity contribution < 1.29 is 4.57 Å². The third-order valence-electron chi connectivity index (χ3n) is 2.11. The van der Waals surface area contributed by atoms with Gasteiger partial charge in [-0.3, -0.25) is 4.57 Å². The number of hydrogen-bond acceptors (Lipinski definition) is 1. The monoisotopic (exact) mass is 194 g/mol. The molecule has 13 heavy (non-hydrogen) atoms. The van der Waals surface area contributed by atoms with Gasteiger partial charge in [0.2, 0.25) is 0 Å². The van der Waals surface area contributed by atoms with Gasteiger partial charge in [0.1, 0.15) is 0 Å². The molecule has 0 unspecified atom stereocenters. The molecule has 0 aliphatic heterocycles. The van der Waals surface area contributed by atoms with E-state index in [1.807, 2.05) is 12.1 Å². The molecule has 0 heterocycles. The Morgan fingerprint density at radius 2 is 1.85 bits per heavy atom. The minimum atomic E-state index is 0.117. The van der Waals surface area contributed by atoms with Crippen molar-refractivity contribution in [3.05, 3.63) is 29.8 Å². The van der Waals surface area contributed by atoms with Gasteiger partial charge < -0.3 is 0 Å². The van der Waals surface area contributed by atoms with E-state index < -0.39 is 0 Å². The van der Waals surface area contributed by atoms with Gasteiger partial charge in [-0.25, -0.2) is 0 Å². The van der Waals surface area contributed by atoms with Crippen LogP contribution in [0, 0.1) is 0 Å². The summed E-state index contributed by atoms with van der Waals surface area (Å²) in [6, 6.07) is 7.98. The fourth-order valence-corrected chi connectivity index (χ4v) is 1.57. The van der Waals surface area contributed by atoms with Crippen LogP contribution in [0.3, 0.4) is 0 Å². The predicted molar refractivity (Wildman–Crippen MR) is 56.9 cm³/mol. The Balaban J connectivity index is 2.44. The summed E-state index contributed by atoms with van der Waals surface area (Å²) in [6.07, 6.45) is 4.95. The molecule has 0 N–H and O–H groups in total. The molecule has 0 spiro atoms. The Labute approximate surface area is 81.4 Å². The van der Waals surface area contributed by atoms with Crippen LogP contribution in [-0.2, 0) is 11.0 Å². The molecule has 1 aromatic rings. The maximum atomic E-state index is 10.5. The van der Waals surface area contributed by atoms with Crippen LogP contribution in [0.15, 0.2) is 24.3 Å². The number of unbranched alkanes of at least 4 members (excludes halogenated alkanes) is 2. The molecular weight excluding hydrogens is 179 g/mol. The van der Waals surface area contributed by atoms with Crippen LogP contribution in [0.1, 0.15) is 31.7 Å². The average Bonchev–Trinajstić information content (AvgIpc) is 2.19. The molecule has 0 atom stereocenters. The zero-order valence-corrected chi connectivity index (χ0v) is 8.89. The molecule has 0 radical (unpaired) electrons. The number of hydrogen-bond donors (Lipinski definition) is 0. The van der Waals surface area contributed by atoms with E-state index in [4.69, 9.17) is 0 Å². The molecule has 0 aliphatic rings. The molecular formula is C11H15OP. The topological polar surface area (TPSA) is 17.1 Å². The maximum Gasteiger partial charge on any atom is 0.192 e. The maximum absolute atomic E-state index is 10.5. The van der Waals surface area contributed by atoms with Gasteiger partial charge in [-0.05, 0) is 30.5 Å². The molecule has 0 aromatic heterocycles. The van der Waals surface area contributed by atoms with E-state index in [-0.39, 0.29) is 8.46 Å². The average molecular weight is 194 g/mol. The van der Waals surface area contributed by atoms with Gasteiger partial charge in [0, 0.05) is 5.30 Å². The van der Waals surface area contributed by atoms with Gasteiger partial charge in [0.05, 0.1) is 0 Å². The van der Waals surface area contributed by atoms with Crippen molar-refractivity contribution in [3.8, 4) is 0 Å². The molecule has 0 bridgehead atoms. The lowest BCUT2D eigenvalue weighted by Crippen LogP contribution is -1.92. The van der Waals surface area contributed by atoms with Crippen molar-refractivity contribution in [2.75, 3.05) is 0 Å². The van der Waals surface area contributed by atoms with Gasteiger partial charge in [0.25, 0.3) is 0 Å². The van der Waals surface area contributed by atoms with Crippen molar-refractivity contribution in [1.82, 2.24) is 0 Å². The fraction of sp³-hybridized carbons (Fsp3) is 0.455. The fourth-order valence-electron chi connectivity index (χ4n) is 1.30. The predicted octanol–water partition coefficient (Wildman–Crippen LogP) is 3.34. The van der Waals surface area contributed by atoms with Crippen LogP contribution in [0.2, 0.25) is 0 Å². The van der Waals surface area contributed by atoms with Crippen LogP contribution in [-0.4, -0.2) is 0 Å². The lowest BCUT2D eigenvalue weighted by molar-refractivity contribution is 0.603. The van der Waals surface area contributed by atoms with Crippen molar-refractivity contribution in [2.45, 2.75) is 32.6 Å². The largest absolute Gasteiger partial charge is 0.269 e. The highest BCUT2D eigenvalue weighted by atomic mass is 31.1. The van der Waals surface area contributed by atoms with E-state index in [0.717, 1.165) is 11.7 Å². The lowest BCUT2D eigenvalue weighted by Gasteiger charge is -1.99. The van der Waals surface area contributed by atoms with Crippen molar-refractivity contribution in [3.63, 3.8) is 0 Å². The van der Waals surface area contributed by atoms with Gasteiger partial charge in [-0.1, -0.05) is 31.9 Å². The molecule has 0 saturated carbocycles. The van der Waals surface area contributed by atoms with Gasteiger partial charge in [-0.2, -0.15) is 0 Å².